The summed E-state index contributed by atoms with van der Waals surface area (Å²) < 4.78 is 15.3. The largest absolute Gasteiger partial charge is 0.341 e. The van der Waals surface area contributed by atoms with Crippen molar-refractivity contribution >= 4 is 29.3 Å². The van der Waals surface area contributed by atoms with Gasteiger partial charge >= 0.3 is 0 Å². The van der Waals surface area contributed by atoms with Crippen LogP contribution in [0.3, 0.4) is 0 Å². The fourth-order valence-electron chi connectivity index (χ4n) is 2.73. The summed E-state index contributed by atoms with van der Waals surface area (Å²) in [6, 6.07) is 13.7. The summed E-state index contributed by atoms with van der Waals surface area (Å²) in [7, 11) is 1.71. The number of carbonyl (C=O) groups is 1. The highest BCUT2D eigenvalue weighted by molar-refractivity contribution is 7.99. The second-order valence-electron chi connectivity index (χ2n) is 6.23. The van der Waals surface area contributed by atoms with Crippen LogP contribution in [0.2, 0.25) is 5.02 Å². The molecule has 0 atom stereocenters. The van der Waals surface area contributed by atoms with Gasteiger partial charge in [-0.3, -0.25) is 4.79 Å². The van der Waals surface area contributed by atoms with Crippen molar-refractivity contribution in [2.45, 2.75) is 25.2 Å². The zero-order valence-electron chi connectivity index (χ0n) is 15.6. The number of rotatable bonds is 7. The minimum absolute atomic E-state index is 0.0621. The predicted molar refractivity (Wildman–Crippen MR) is 110 cm³/mol. The fraction of sp³-hybridized carbons (Fsp3) is 0.250. The molecule has 0 bridgehead atoms. The molecule has 0 saturated heterocycles. The van der Waals surface area contributed by atoms with E-state index in [0.717, 1.165) is 17.0 Å². The quantitative estimate of drug-likeness (QED) is 0.530. The molecule has 0 spiro atoms. The average molecular weight is 419 g/mol. The number of thioether (sulfide) groups is 1. The van der Waals surface area contributed by atoms with E-state index in [-0.39, 0.29) is 17.5 Å². The lowest BCUT2D eigenvalue weighted by Crippen LogP contribution is -2.28. The average Bonchev–Trinajstić information content (AvgIpc) is 3.09. The van der Waals surface area contributed by atoms with Crippen molar-refractivity contribution in [1.82, 2.24) is 19.7 Å². The van der Waals surface area contributed by atoms with Crippen molar-refractivity contribution < 1.29 is 9.18 Å². The zero-order valence-corrected chi connectivity index (χ0v) is 17.2. The number of carbonyl (C=O) groups excluding carboxylic acids is 1. The van der Waals surface area contributed by atoms with Gasteiger partial charge in [-0.15, -0.1) is 10.2 Å². The van der Waals surface area contributed by atoms with Gasteiger partial charge in [0.25, 0.3) is 0 Å². The molecule has 0 radical (unpaired) electrons. The molecule has 3 rings (SSSR count). The van der Waals surface area contributed by atoms with Crippen LogP contribution in [0.25, 0.3) is 11.4 Å². The second-order valence-corrected chi connectivity index (χ2v) is 7.60. The van der Waals surface area contributed by atoms with Gasteiger partial charge in [-0.25, -0.2) is 4.39 Å². The number of nitrogens with zero attached hydrogens (tertiary/aromatic N) is 4. The van der Waals surface area contributed by atoms with Crippen molar-refractivity contribution in [3.63, 3.8) is 0 Å². The maximum atomic E-state index is 13.3. The Morgan fingerprint density at radius 3 is 2.64 bits per heavy atom. The molecule has 0 aliphatic heterocycles. The molecule has 146 valence electrons. The first kappa shape index (κ1) is 20.4. The number of halogens is 2. The van der Waals surface area contributed by atoms with Gasteiger partial charge in [0, 0.05) is 30.7 Å². The SMILES string of the molecule is CCn1c(SCC(=O)N(C)Cc2cccc(F)c2)nnc1-c1ccc(Cl)cc1. The van der Waals surface area contributed by atoms with E-state index in [1.54, 1.807) is 24.1 Å². The molecule has 5 nitrogen and oxygen atoms in total. The van der Waals surface area contributed by atoms with E-state index >= 15 is 0 Å². The van der Waals surface area contributed by atoms with Crippen molar-refractivity contribution in [2.24, 2.45) is 0 Å². The van der Waals surface area contributed by atoms with Crippen LogP contribution >= 0.6 is 23.4 Å². The summed E-state index contributed by atoms with van der Waals surface area (Å²) in [5.74, 6) is 0.596. The van der Waals surface area contributed by atoms with Crippen LogP contribution < -0.4 is 0 Å². The fourth-order valence-corrected chi connectivity index (χ4v) is 3.80. The maximum absolute atomic E-state index is 13.3. The lowest BCUT2D eigenvalue weighted by Gasteiger charge is -2.17. The summed E-state index contributed by atoms with van der Waals surface area (Å²) in [5.41, 5.74) is 1.67. The lowest BCUT2D eigenvalue weighted by atomic mass is 10.2. The van der Waals surface area contributed by atoms with E-state index < -0.39 is 0 Å². The monoisotopic (exact) mass is 418 g/mol. The predicted octanol–water partition coefficient (Wildman–Crippen LogP) is 4.51. The van der Waals surface area contributed by atoms with Crippen molar-refractivity contribution in [3.05, 3.63) is 64.9 Å². The van der Waals surface area contributed by atoms with E-state index in [0.29, 0.717) is 23.3 Å². The van der Waals surface area contributed by atoms with Gasteiger partial charge in [0.05, 0.1) is 5.75 Å². The van der Waals surface area contributed by atoms with Gasteiger partial charge in [-0.2, -0.15) is 0 Å². The van der Waals surface area contributed by atoms with E-state index in [2.05, 4.69) is 10.2 Å². The molecule has 2 aromatic carbocycles. The van der Waals surface area contributed by atoms with E-state index in [1.807, 2.05) is 35.8 Å². The number of hydrogen-bond acceptors (Lipinski definition) is 4. The molecule has 0 N–H and O–H groups in total. The van der Waals surface area contributed by atoms with Gasteiger partial charge in [0.15, 0.2) is 11.0 Å². The van der Waals surface area contributed by atoms with Crippen LogP contribution in [0.5, 0.6) is 0 Å². The topological polar surface area (TPSA) is 51.0 Å². The molecule has 0 aliphatic carbocycles. The summed E-state index contributed by atoms with van der Waals surface area (Å²) >= 11 is 7.29. The third-order valence-electron chi connectivity index (χ3n) is 4.19. The third-order valence-corrected chi connectivity index (χ3v) is 5.40. The Hall–Kier alpha value is -2.38. The Labute approximate surface area is 172 Å². The highest BCUT2D eigenvalue weighted by Crippen LogP contribution is 2.25. The van der Waals surface area contributed by atoms with Crippen LogP contribution in [0.15, 0.2) is 53.7 Å². The Morgan fingerprint density at radius 2 is 1.96 bits per heavy atom. The first-order valence-electron chi connectivity index (χ1n) is 8.78. The third kappa shape index (κ3) is 4.91. The number of hydrogen-bond donors (Lipinski definition) is 0. The molecule has 1 aromatic heterocycles. The number of aromatic nitrogens is 3. The standard InChI is InChI=1S/C20H20ClFN4OS/c1-3-26-19(15-7-9-16(21)10-8-15)23-24-20(26)28-13-18(27)25(2)12-14-5-4-6-17(22)11-14/h4-11H,3,12-13H2,1-2H3. The molecule has 3 aromatic rings. The van der Waals surface area contributed by atoms with Crippen LogP contribution in [0.1, 0.15) is 12.5 Å². The van der Waals surface area contributed by atoms with Crippen molar-refractivity contribution in [3.8, 4) is 11.4 Å². The van der Waals surface area contributed by atoms with Crippen molar-refractivity contribution in [2.75, 3.05) is 12.8 Å². The van der Waals surface area contributed by atoms with Crippen molar-refractivity contribution in [1.29, 1.82) is 0 Å². The zero-order chi connectivity index (χ0) is 20.1. The maximum Gasteiger partial charge on any atom is 0.233 e. The van der Waals surface area contributed by atoms with Gasteiger partial charge in [0.2, 0.25) is 5.91 Å². The molecule has 8 heteroatoms. The normalized spacial score (nSPS) is 10.9. The van der Waals surface area contributed by atoms with E-state index in [1.165, 1.54) is 23.9 Å². The minimum atomic E-state index is -0.307. The molecule has 0 aliphatic rings. The second kappa shape index (κ2) is 9.21. The molecule has 0 unspecified atom stereocenters. The minimum Gasteiger partial charge on any atom is -0.341 e. The Balaban J connectivity index is 1.65. The molecular formula is C20H20ClFN4OS. The van der Waals surface area contributed by atoms with Crippen LogP contribution in [0.4, 0.5) is 4.39 Å². The molecule has 0 saturated carbocycles. The highest BCUT2D eigenvalue weighted by Gasteiger charge is 2.16. The smallest absolute Gasteiger partial charge is 0.233 e. The lowest BCUT2D eigenvalue weighted by molar-refractivity contribution is -0.127. The van der Waals surface area contributed by atoms with Gasteiger partial charge < -0.3 is 9.47 Å². The molecular weight excluding hydrogens is 399 g/mol. The number of amides is 1. The van der Waals surface area contributed by atoms with E-state index in [9.17, 15) is 9.18 Å². The first-order valence-corrected chi connectivity index (χ1v) is 10.1. The van der Waals surface area contributed by atoms with Gasteiger partial charge in [-0.05, 0) is 48.9 Å². The molecule has 28 heavy (non-hydrogen) atoms. The van der Waals surface area contributed by atoms with Crippen LogP contribution in [0, 0.1) is 5.82 Å². The summed E-state index contributed by atoms with van der Waals surface area (Å²) in [4.78, 5) is 14.0. The molecule has 1 amide bonds. The number of benzene rings is 2. The van der Waals surface area contributed by atoms with E-state index in [4.69, 9.17) is 11.6 Å². The molecule has 1 heterocycles. The van der Waals surface area contributed by atoms with Crippen LogP contribution in [-0.4, -0.2) is 38.4 Å². The summed E-state index contributed by atoms with van der Waals surface area (Å²) in [6.07, 6.45) is 0. The Morgan fingerprint density at radius 1 is 1.21 bits per heavy atom. The summed E-state index contributed by atoms with van der Waals surface area (Å²) in [5, 5.41) is 9.85. The van der Waals surface area contributed by atoms with Crippen LogP contribution in [-0.2, 0) is 17.9 Å². The first-order chi connectivity index (χ1) is 13.5. The summed E-state index contributed by atoms with van der Waals surface area (Å²) in [6.45, 7) is 3.04. The molecule has 0 fully saturated rings. The Kier molecular flexibility index (Phi) is 6.70. The highest BCUT2D eigenvalue weighted by atomic mass is 35.5. The van der Waals surface area contributed by atoms with Gasteiger partial charge in [0.1, 0.15) is 5.82 Å². The van der Waals surface area contributed by atoms with Gasteiger partial charge in [-0.1, -0.05) is 35.5 Å². The Bertz CT molecular complexity index is 961.